The zero-order valence-electron chi connectivity index (χ0n) is 28.5. The first-order valence-corrected chi connectivity index (χ1v) is 18.7. The third-order valence-corrected chi connectivity index (χ3v) is 11.4. The van der Waals surface area contributed by atoms with Gasteiger partial charge in [-0.05, 0) is 106 Å². The number of benzene rings is 3. The minimum absolute atomic E-state index is 0.277. The molecule has 2 aliphatic rings. The van der Waals surface area contributed by atoms with E-state index < -0.39 is 6.10 Å². The van der Waals surface area contributed by atoms with Crippen molar-refractivity contribution in [2.45, 2.75) is 99.3 Å². The molecular weight excluding hydrogens is 599 g/mol. The first-order chi connectivity index (χ1) is 22.9. The molecule has 2 saturated carbocycles. The van der Waals surface area contributed by atoms with Crippen molar-refractivity contribution in [1.29, 1.82) is 0 Å². The summed E-state index contributed by atoms with van der Waals surface area (Å²) >= 11 is 1.89. The smallest absolute Gasteiger partial charge is 0.225 e. The van der Waals surface area contributed by atoms with Gasteiger partial charge in [-0.15, -0.1) is 11.8 Å². The van der Waals surface area contributed by atoms with Gasteiger partial charge >= 0.3 is 0 Å². The number of fused-ring (bicyclic) bond motifs is 1. The van der Waals surface area contributed by atoms with E-state index in [4.69, 9.17) is 9.97 Å². The molecule has 3 N–H and O–H groups in total. The number of rotatable bonds is 13. The highest BCUT2D eigenvalue weighted by Gasteiger charge is 2.24. The van der Waals surface area contributed by atoms with Gasteiger partial charge in [0.25, 0.3) is 0 Å². The molecule has 1 aromatic heterocycles. The molecule has 2 fully saturated rings. The van der Waals surface area contributed by atoms with Crippen LogP contribution in [-0.2, 0) is 0 Å². The lowest BCUT2D eigenvalue weighted by atomic mass is 9.83. The molecule has 1 heterocycles. The van der Waals surface area contributed by atoms with Gasteiger partial charge in [0.05, 0.1) is 11.6 Å². The summed E-state index contributed by atoms with van der Waals surface area (Å²) in [6.07, 6.45) is 11.5. The van der Waals surface area contributed by atoms with Gasteiger partial charge in [0.1, 0.15) is 5.82 Å². The summed E-state index contributed by atoms with van der Waals surface area (Å²) < 4.78 is 0. The third-order valence-electron chi connectivity index (χ3n) is 10.2. The molecule has 250 valence electrons. The molecule has 2 aliphatic carbocycles. The van der Waals surface area contributed by atoms with Gasteiger partial charge in [-0.1, -0.05) is 73.4 Å². The van der Waals surface area contributed by atoms with Gasteiger partial charge in [0.15, 0.2) is 0 Å². The molecule has 0 saturated heterocycles. The van der Waals surface area contributed by atoms with E-state index in [1.54, 1.807) is 0 Å². The molecule has 0 spiro atoms. The standard InChI is InChI=1S/C40H53N5OS/c1-28-13-23-34(24-14-28)47-35(25-38(46)32-19-17-31(18-20-32)30-9-5-4-6-10-30)27-41-26-29-15-21-33(22-16-29)42-40-43-37-12-8-7-11-36(37)39(44-40)45(2)3/h7-8,11-14,17-20,23-24,29-30,33,35,38,41,46H,4-6,9-10,15-16,21-22,25-27H2,1-3H3,(H,42,43,44). The van der Waals surface area contributed by atoms with E-state index in [2.05, 4.69) is 83.1 Å². The summed E-state index contributed by atoms with van der Waals surface area (Å²) in [4.78, 5) is 13.0. The number of anilines is 2. The van der Waals surface area contributed by atoms with Crippen LogP contribution in [0.2, 0.25) is 0 Å². The van der Waals surface area contributed by atoms with E-state index in [0.29, 0.717) is 17.9 Å². The Morgan fingerprint density at radius 3 is 2.30 bits per heavy atom. The normalized spacial score (nSPS) is 20.2. The molecule has 3 aromatic carbocycles. The molecule has 0 radical (unpaired) electrons. The Labute approximate surface area is 286 Å². The summed E-state index contributed by atoms with van der Waals surface area (Å²) in [6.45, 7) is 4.03. The number of aryl methyl sites for hydroxylation is 1. The highest BCUT2D eigenvalue weighted by atomic mass is 32.2. The van der Waals surface area contributed by atoms with E-state index in [1.165, 1.54) is 61.0 Å². The lowest BCUT2D eigenvalue weighted by molar-refractivity contribution is 0.166. The Morgan fingerprint density at radius 2 is 1.57 bits per heavy atom. The van der Waals surface area contributed by atoms with E-state index in [-0.39, 0.29) is 5.25 Å². The number of aliphatic hydroxyl groups excluding tert-OH is 1. The van der Waals surface area contributed by atoms with Crippen molar-refractivity contribution in [3.05, 3.63) is 89.5 Å². The Morgan fingerprint density at radius 1 is 0.851 bits per heavy atom. The number of nitrogens with one attached hydrogen (secondary N) is 2. The summed E-state index contributed by atoms with van der Waals surface area (Å²) in [6, 6.07) is 26.3. The molecule has 2 atom stereocenters. The van der Waals surface area contributed by atoms with Crippen molar-refractivity contribution in [1.82, 2.24) is 15.3 Å². The number of nitrogens with zero attached hydrogens (tertiary/aromatic N) is 3. The second-order valence-corrected chi connectivity index (χ2v) is 15.5. The monoisotopic (exact) mass is 651 g/mol. The molecule has 6 rings (SSSR count). The highest BCUT2D eigenvalue weighted by molar-refractivity contribution is 8.00. The van der Waals surface area contributed by atoms with Gasteiger partial charge in [0, 0.05) is 42.2 Å². The number of aromatic nitrogens is 2. The van der Waals surface area contributed by atoms with Crippen molar-refractivity contribution in [3.8, 4) is 0 Å². The largest absolute Gasteiger partial charge is 0.388 e. The van der Waals surface area contributed by atoms with Crippen molar-refractivity contribution in [3.63, 3.8) is 0 Å². The van der Waals surface area contributed by atoms with Gasteiger partial charge in [-0.2, -0.15) is 4.98 Å². The van der Waals surface area contributed by atoms with Gasteiger partial charge in [-0.3, -0.25) is 0 Å². The van der Waals surface area contributed by atoms with Crippen molar-refractivity contribution >= 4 is 34.4 Å². The second-order valence-electron chi connectivity index (χ2n) is 14.1. The molecular formula is C40H53N5OS. The number of aliphatic hydroxyl groups is 1. The Balaban J connectivity index is 1.01. The van der Waals surface area contributed by atoms with Crippen LogP contribution in [0.15, 0.2) is 77.7 Å². The molecule has 0 bridgehead atoms. The summed E-state index contributed by atoms with van der Waals surface area (Å²) in [5, 5.41) is 20.2. The van der Waals surface area contributed by atoms with Crippen molar-refractivity contribution in [2.75, 3.05) is 37.4 Å². The quantitative estimate of drug-likeness (QED) is 0.125. The van der Waals surface area contributed by atoms with E-state index in [0.717, 1.165) is 60.6 Å². The topological polar surface area (TPSA) is 73.3 Å². The second kappa shape index (κ2) is 16.3. The summed E-state index contributed by atoms with van der Waals surface area (Å²) in [5.74, 6) is 3.03. The van der Waals surface area contributed by atoms with Crippen LogP contribution in [0, 0.1) is 12.8 Å². The fourth-order valence-electron chi connectivity index (χ4n) is 7.40. The molecule has 4 aromatic rings. The predicted molar refractivity (Wildman–Crippen MR) is 199 cm³/mol. The van der Waals surface area contributed by atoms with Gasteiger partial charge in [-0.25, -0.2) is 4.98 Å². The Hall–Kier alpha value is -3.13. The van der Waals surface area contributed by atoms with Gasteiger partial charge < -0.3 is 20.6 Å². The third kappa shape index (κ3) is 9.27. The Bertz CT molecular complexity index is 1550. The average Bonchev–Trinajstić information content (AvgIpc) is 3.10. The van der Waals surface area contributed by atoms with E-state index in [9.17, 15) is 5.11 Å². The number of para-hydroxylation sites is 1. The zero-order chi connectivity index (χ0) is 32.6. The van der Waals surface area contributed by atoms with Crippen molar-refractivity contribution < 1.29 is 5.11 Å². The zero-order valence-corrected chi connectivity index (χ0v) is 29.3. The maximum atomic E-state index is 11.4. The molecule has 7 heteroatoms. The van der Waals surface area contributed by atoms with Crippen LogP contribution in [0.3, 0.4) is 0 Å². The van der Waals surface area contributed by atoms with Crippen LogP contribution in [-0.4, -0.2) is 53.6 Å². The molecule has 0 amide bonds. The fraction of sp³-hybridized carbons (Fsp3) is 0.500. The first kappa shape index (κ1) is 33.8. The summed E-state index contributed by atoms with van der Waals surface area (Å²) in [7, 11) is 4.08. The number of hydrogen-bond acceptors (Lipinski definition) is 7. The number of thioether (sulfide) groups is 1. The molecule has 2 unspecified atom stereocenters. The predicted octanol–water partition coefficient (Wildman–Crippen LogP) is 8.90. The van der Waals surface area contributed by atoms with Crippen LogP contribution in [0.5, 0.6) is 0 Å². The first-order valence-electron chi connectivity index (χ1n) is 17.8. The molecule has 6 nitrogen and oxygen atoms in total. The van der Waals surface area contributed by atoms with Gasteiger partial charge in [0.2, 0.25) is 5.95 Å². The van der Waals surface area contributed by atoms with E-state index >= 15 is 0 Å². The fourth-order valence-corrected chi connectivity index (χ4v) is 8.56. The molecule has 47 heavy (non-hydrogen) atoms. The molecule has 0 aliphatic heterocycles. The highest BCUT2D eigenvalue weighted by Crippen LogP contribution is 2.35. The van der Waals surface area contributed by atoms with E-state index in [1.807, 2.05) is 38.0 Å². The lowest BCUT2D eigenvalue weighted by Gasteiger charge is -2.30. The van der Waals surface area contributed by atoms with Crippen LogP contribution in [0.4, 0.5) is 11.8 Å². The minimum atomic E-state index is -0.466. The van der Waals surface area contributed by atoms with Crippen LogP contribution >= 0.6 is 11.8 Å². The number of hydrogen-bond donors (Lipinski definition) is 3. The Kier molecular flexibility index (Phi) is 11.7. The van der Waals surface area contributed by atoms with Crippen LogP contribution in [0.1, 0.15) is 92.9 Å². The summed E-state index contributed by atoms with van der Waals surface area (Å²) in [5.41, 5.74) is 4.74. The van der Waals surface area contributed by atoms with Crippen molar-refractivity contribution in [2.24, 2.45) is 5.92 Å². The minimum Gasteiger partial charge on any atom is -0.388 e. The van der Waals surface area contributed by atoms with Crippen LogP contribution in [0.25, 0.3) is 10.9 Å². The maximum absolute atomic E-state index is 11.4. The lowest BCUT2D eigenvalue weighted by Crippen LogP contribution is -2.34. The van der Waals surface area contributed by atoms with Crippen LogP contribution < -0.4 is 15.5 Å². The average molecular weight is 652 g/mol. The SMILES string of the molecule is Cc1ccc(SC(CNCC2CCC(Nc3nc(N(C)C)c4ccccc4n3)CC2)CC(O)c2ccc(C3CCCCC3)cc2)cc1. The maximum Gasteiger partial charge on any atom is 0.225 e.